The molecule has 8 heteroatoms. The highest BCUT2D eigenvalue weighted by Gasteiger charge is 2.16. The molecule has 1 amide bonds. The number of rotatable bonds is 8. The van der Waals surface area contributed by atoms with Crippen molar-refractivity contribution in [2.24, 2.45) is 0 Å². The molecule has 0 bridgehead atoms. The standard InChI is InChI=1S/C25H22N2O4S2/c1-18-9-14-22(23(16-18)31-17-19-6-3-2-4-7-19)26-25(28)20-10-12-21(13-11-20)27-33(29,30)24-8-5-15-32-24/h2-16,27H,17H2,1H3,(H,26,28). The van der Waals surface area contributed by atoms with Crippen LogP contribution < -0.4 is 14.8 Å². The molecule has 4 rings (SSSR count). The first-order valence-electron chi connectivity index (χ1n) is 10.2. The Morgan fingerprint density at radius 2 is 1.70 bits per heavy atom. The summed E-state index contributed by atoms with van der Waals surface area (Å²) in [5, 5.41) is 4.58. The van der Waals surface area contributed by atoms with Crippen molar-refractivity contribution in [3.63, 3.8) is 0 Å². The van der Waals surface area contributed by atoms with E-state index in [2.05, 4.69) is 10.0 Å². The van der Waals surface area contributed by atoms with Gasteiger partial charge in [0.15, 0.2) is 0 Å². The second-order valence-corrected chi connectivity index (χ2v) is 10.2. The molecule has 0 aliphatic rings. The molecule has 0 aliphatic carbocycles. The Kier molecular flexibility index (Phi) is 6.76. The Morgan fingerprint density at radius 1 is 0.939 bits per heavy atom. The van der Waals surface area contributed by atoms with Gasteiger partial charge in [-0.25, -0.2) is 8.42 Å². The normalized spacial score (nSPS) is 11.1. The Bertz CT molecular complexity index is 1340. The number of aryl methyl sites for hydroxylation is 1. The fourth-order valence-corrected chi connectivity index (χ4v) is 5.15. The quantitative estimate of drug-likeness (QED) is 0.341. The number of amides is 1. The molecule has 4 aromatic rings. The summed E-state index contributed by atoms with van der Waals surface area (Å²) in [6.07, 6.45) is 0. The predicted octanol–water partition coefficient (Wildman–Crippen LogP) is 5.69. The van der Waals surface area contributed by atoms with E-state index in [1.165, 1.54) is 6.07 Å². The minimum absolute atomic E-state index is 0.228. The zero-order chi connectivity index (χ0) is 23.3. The molecule has 1 aromatic heterocycles. The molecular weight excluding hydrogens is 456 g/mol. The van der Waals surface area contributed by atoms with E-state index in [-0.39, 0.29) is 10.1 Å². The van der Waals surface area contributed by atoms with Gasteiger partial charge in [0.1, 0.15) is 16.6 Å². The smallest absolute Gasteiger partial charge is 0.271 e. The van der Waals surface area contributed by atoms with Crippen LogP contribution in [0.2, 0.25) is 0 Å². The molecule has 3 aromatic carbocycles. The summed E-state index contributed by atoms with van der Waals surface area (Å²) < 4.78 is 33.4. The minimum atomic E-state index is -3.64. The summed E-state index contributed by atoms with van der Waals surface area (Å²) in [6, 6.07) is 24.8. The molecule has 0 saturated heterocycles. The number of thiophene rings is 1. The van der Waals surface area contributed by atoms with Crippen molar-refractivity contribution in [3.8, 4) is 5.75 Å². The topological polar surface area (TPSA) is 84.5 Å². The molecule has 0 radical (unpaired) electrons. The maximum Gasteiger partial charge on any atom is 0.271 e. The van der Waals surface area contributed by atoms with Crippen molar-refractivity contribution in [3.05, 3.63) is 107 Å². The van der Waals surface area contributed by atoms with Crippen LogP contribution in [0.15, 0.2) is 94.5 Å². The van der Waals surface area contributed by atoms with Crippen LogP contribution in [0.25, 0.3) is 0 Å². The molecule has 0 saturated carbocycles. The number of carbonyl (C=O) groups is 1. The SMILES string of the molecule is Cc1ccc(NC(=O)c2ccc(NS(=O)(=O)c3cccs3)cc2)c(OCc2ccccc2)c1. The first kappa shape index (κ1) is 22.6. The van der Waals surface area contributed by atoms with E-state index in [0.717, 1.165) is 22.5 Å². The van der Waals surface area contributed by atoms with E-state index in [0.29, 0.717) is 29.3 Å². The number of benzene rings is 3. The molecule has 33 heavy (non-hydrogen) atoms. The van der Waals surface area contributed by atoms with Crippen LogP contribution in [0, 0.1) is 6.92 Å². The molecule has 0 spiro atoms. The van der Waals surface area contributed by atoms with Crippen molar-refractivity contribution < 1.29 is 17.9 Å². The lowest BCUT2D eigenvalue weighted by atomic mass is 10.1. The molecule has 0 aliphatic heterocycles. The van der Waals surface area contributed by atoms with Crippen LogP contribution in [-0.4, -0.2) is 14.3 Å². The summed E-state index contributed by atoms with van der Waals surface area (Å²) >= 11 is 1.14. The Morgan fingerprint density at radius 3 is 2.39 bits per heavy atom. The highest BCUT2D eigenvalue weighted by atomic mass is 32.2. The van der Waals surface area contributed by atoms with Crippen LogP contribution in [0.4, 0.5) is 11.4 Å². The third-order valence-corrected chi connectivity index (χ3v) is 7.56. The summed E-state index contributed by atoms with van der Waals surface area (Å²) in [5.74, 6) is 0.253. The molecule has 6 nitrogen and oxygen atoms in total. The number of nitrogens with one attached hydrogen (secondary N) is 2. The van der Waals surface area contributed by atoms with Crippen LogP contribution in [0.1, 0.15) is 21.5 Å². The first-order chi connectivity index (χ1) is 15.9. The predicted molar refractivity (Wildman–Crippen MR) is 131 cm³/mol. The van der Waals surface area contributed by atoms with Crippen LogP contribution >= 0.6 is 11.3 Å². The molecular formula is C25H22N2O4S2. The van der Waals surface area contributed by atoms with Crippen molar-refractivity contribution in [1.29, 1.82) is 0 Å². The van der Waals surface area contributed by atoms with E-state index in [1.807, 2.05) is 49.4 Å². The van der Waals surface area contributed by atoms with Gasteiger partial charge in [0, 0.05) is 11.3 Å². The second-order valence-electron chi connectivity index (χ2n) is 7.34. The average molecular weight is 479 g/mol. The summed E-state index contributed by atoms with van der Waals surface area (Å²) in [5.41, 5.74) is 3.37. The lowest BCUT2D eigenvalue weighted by molar-refractivity contribution is 0.102. The van der Waals surface area contributed by atoms with Crippen LogP contribution in [-0.2, 0) is 16.6 Å². The molecule has 2 N–H and O–H groups in total. The fraction of sp³-hybridized carbons (Fsp3) is 0.0800. The third-order valence-electron chi connectivity index (χ3n) is 4.78. The van der Waals surface area contributed by atoms with Crippen LogP contribution in [0.3, 0.4) is 0 Å². The van der Waals surface area contributed by atoms with Crippen molar-refractivity contribution in [2.75, 3.05) is 10.0 Å². The van der Waals surface area contributed by atoms with Gasteiger partial charge in [0.25, 0.3) is 15.9 Å². The Balaban J connectivity index is 1.45. The van der Waals surface area contributed by atoms with Crippen molar-refractivity contribution >= 4 is 38.6 Å². The van der Waals surface area contributed by atoms with Gasteiger partial charge in [-0.3, -0.25) is 9.52 Å². The molecule has 0 atom stereocenters. The highest BCUT2D eigenvalue weighted by molar-refractivity contribution is 7.94. The number of hydrogen-bond acceptors (Lipinski definition) is 5. The number of anilines is 2. The van der Waals surface area contributed by atoms with Gasteiger partial charge >= 0.3 is 0 Å². The molecule has 0 fully saturated rings. The first-order valence-corrected chi connectivity index (χ1v) is 12.5. The van der Waals surface area contributed by atoms with E-state index in [1.54, 1.807) is 41.8 Å². The lowest BCUT2D eigenvalue weighted by Crippen LogP contribution is -2.14. The summed E-state index contributed by atoms with van der Waals surface area (Å²) in [6.45, 7) is 2.34. The van der Waals surface area contributed by atoms with Gasteiger partial charge in [0.05, 0.1) is 5.69 Å². The Labute approximate surface area is 196 Å². The number of hydrogen-bond donors (Lipinski definition) is 2. The number of carbonyl (C=O) groups excluding carboxylic acids is 1. The summed E-state index contributed by atoms with van der Waals surface area (Å²) in [7, 11) is -3.64. The van der Waals surface area contributed by atoms with Gasteiger partial charge in [0.2, 0.25) is 0 Å². The van der Waals surface area contributed by atoms with E-state index in [9.17, 15) is 13.2 Å². The highest BCUT2D eigenvalue weighted by Crippen LogP contribution is 2.28. The number of sulfonamides is 1. The van der Waals surface area contributed by atoms with Crippen molar-refractivity contribution in [2.45, 2.75) is 17.7 Å². The summed E-state index contributed by atoms with van der Waals surface area (Å²) in [4.78, 5) is 12.8. The van der Waals surface area contributed by atoms with Gasteiger partial charge in [-0.1, -0.05) is 42.5 Å². The van der Waals surface area contributed by atoms with Crippen molar-refractivity contribution in [1.82, 2.24) is 0 Å². The van der Waals surface area contributed by atoms with Crippen LogP contribution in [0.5, 0.6) is 5.75 Å². The van der Waals surface area contributed by atoms with E-state index >= 15 is 0 Å². The van der Waals surface area contributed by atoms with E-state index in [4.69, 9.17) is 4.74 Å². The molecule has 0 unspecified atom stereocenters. The number of ether oxygens (including phenoxy) is 1. The Hall–Kier alpha value is -3.62. The minimum Gasteiger partial charge on any atom is -0.487 e. The van der Waals surface area contributed by atoms with Gasteiger partial charge in [-0.2, -0.15) is 0 Å². The average Bonchev–Trinajstić information content (AvgIpc) is 3.36. The monoisotopic (exact) mass is 478 g/mol. The third kappa shape index (κ3) is 5.79. The maximum absolute atomic E-state index is 12.8. The zero-order valence-electron chi connectivity index (χ0n) is 17.8. The maximum atomic E-state index is 12.8. The fourth-order valence-electron chi connectivity index (χ4n) is 3.09. The van der Waals surface area contributed by atoms with Gasteiger partial charge in [-0.05, 0) is 65.9 Å². The molecule has 168 valence electrons. The van der Waals surface area contributed by atoms with Gasteiger partial charge in [-0.15, -0.1) is 11.3 Å². The van der Waals surface area contributed by atoms with E-state index < -0.39 is 10.0 Å². The largest absolute Gasteiger partial charge is 0.487 e. The second kappa shape index (κ2) is 9.89. The lowest BCUT2D eigenvalue weighted by Gasteiger charge is -2.14. The zero-order valence-corrected chi connectivity index (χ0v) is 19.4. The van der Waals surface area contributed by atoms with Gasteiger partial charge < -0.3 is 10.1 Å². The molecule has 1 heterocycles.